The first-order valence-corrected chi connectivity index (χ1v) is 12.2. The van der Waals surface area contributed by atoms with E-state index in [1.807, 2.05) is 6.07 Å². The van der Waals surface area contributed by atoms with Crippen LogP contribution in [0, 0.1) is 11.3 Å². The summed E-state index contributed by atoms with van der Waals surface area (Å²) in [5.74, 6) is -1.75. The molecule has 0 saturated carbocycles. The van der Waals surface area contributed by atoms with Gasteiger partial charge in [-0.2, -0.15) is 18.4 Å². The van der Waals surface area contributed by atoms with Gasteiger partial charge in [-0.3, -0.25) is 4.79 Å². The second kappa shape index (κ2) is 9.35. The first kappa shape index (κ1) is 25.6. The van der Waals surface area contributed by atoms with Crippen molar-refractivity contribution in [2.75, 3.05) is 26.5 Å². The summed E-state index contributed by atoms with van der Waals surface area (Å²) in [7, 11) is -2.75. The molecule has 1 amide bonds. The van der Waals surface area contributed by atoms with Gasteiger partial charge in [0.05, 0.1) is 18.7 Å². The lowest BCUT2D eigenvalue weighted by Gasteiger charge is -2.40. The van der Waals surface area contributed by atoms with E-state index in [-0.39, 0.29) is 29.7 Å². The van der Waals surface area contributed by atoms with Gasteiger partial charge in [-0.15, -0.1) is 0 Å². The average molecular weight is 517 g/mol. The Kier molecular flexibility index (Phi) is 7.05. The molecular formula is C22H20ClF3N2O5S. The van der Waals surface area contributed by atoms with Gasteiger partial charge in [0.1, 0.15) is 16.2 Å². The summed E-state index contributed by atoms with van der Waals surface area (Å²) in [6.45, 7) is 1.12. The fourth-order valence-electron chi connectivity index (χ4n) is 3.53. The zero-order chi connectivity index (χ0) is 25.4. The van der Waals surface area contributed by atoms with Gasteiger partial charge >= 0.3 is 6.18 Å². The minimum atomic E-state index is -4.71. The topological polar surface area (TPSA) is 96.7 Å². The van der Waals surface area contributed by atoms with Gasteiger partial charge in [0.2, 0.25) is 0 Å². The van der Waals surface area contributed by atoms with Gasteiger partial charge in [-0.05, 0) is 36.8 Å². The molecule has 2 aromatic carbocycles. The maximum absolute atomic E-state index is 13.3. The van der Waals surface area contributed by atoms with Crippen LogP contribution in [0.2, 0.25) is 5.02 Å². The molecule has 7 nitrogen and oxygen atoms in total. The third-order valence-corrected chi connectivity index (χ3v) is 6.85. The van der Waals surface area contributed by atoms with Crippen molar-refractivity contribution in [1.82, 2.24) is 4.90 Å². The van der Waals surface area contributed by atoms with Crippen LogP contribution in [0.15, 0.2) is 35.2 Å². The summed E-state index contributed by atoms with van der Waals surface area (Å²) >= 11 is 6.24. The Hall–Kier alpha value is -2.97. The molecule has 34 heavy (non-hydrogen) atoms. The molecule has 1 atom stereocenters. The van der Waals surface area contributed by atoms with E-state index < -0.39 is 39.3 Å². The Bertz CT molecular complexity index is 1270. The van der Waals surface area contributed by atoms with Gasteiger partial charge in [-0.1, -0.05) is 17.7 Å². The maximum Gasteiger partial charge on any atom is 0.425 e. The quantitative estimate of drug-likeness (QED) is 0.571. The molecule has 1 fully saturated rings. The summed E-state index contributed by atoms with van der Waals surface area (Å²) in [4.78, 5) is 14.3. The van der Waals surface area contributed by atoms with Crippen molar-refractivity contribution in [2.24, 2.45) is 0 Å². The predicted octanol–water partition coefficient (Wildman–Crippen LogP) is 4.19. The SMILES string of the molecule is COc1c(S(C)(=O)=O)ccc(O[C@@H](C)C(F)(F)F)c1C(=O)N1CC(c2ccc(C#N)cc2Cl)C1. The molecule has 0 radical (unpaired) electrons. The maximum atomic E-state index is 13.3. The second-order valence-electron chi connectivity index (χ2n) is 7.80. The number of amides is 1. The number of nitriles is 1. The van der Waals surface area contributed by atoms with Gasteiger partial charge in [0.25, 0.3) is 5.91 Å². The van der Waals surface area contributed by atoms with E-state index in [1.165, 1.54) is 11.0 Å². The lowest BCUT2D eigenvalue weighted by molar-refractivity contribution is -0.189. The highest BCUT2D eigenvalue weighted by Crippen LogP contribution is 2.40. The van der Waals surface area contributed by atoms with E-state index in [9.17, 15) is 26.4 Å². The van der Waals surface area contributed by atoms with Crippen molar-refractivity contribution in [3.8, 4) is 17.6 Å². The molecule has 1 aliphatic heterocycles. The monoisotopic (exact) mass is 516 g/mol. The van der Waals surface area contributed by atoms with Crippen molar-refractivity contribution in [3.63, 3.8) is 0 Å². The van der Waals surface area contributed by atoms with E-state index in [0.29, 0.717) is 16.1 Å². The number of nitrogens with zero attached hydrogens (tertiary/aromatic N) is 2. The zero-order valence-electron chi connectivity index (χ0n) is 18.3. The highest BCUT2D eigenvalue weighted by Gasteiger charge is 2.41. The number of hydrogen-bond acceptors (Lipinski definition) is 6. The molecule has 0 unspecified atom stereocenters. The van der Waals surface area contributed by atoms with Crippen molar-refractivity contribution in [2.45, 2.75) is 30.0 Å². The van der Waals surface area contributed by atoms with Crippen LogP contribution in [0.4, 0.5) is 13.2 Å². The third-order valence-electron chi connectivity index (χ3n) is 5.40. The molecule has 0 bridgehead atoms. The number of carbonyl (C=O) groups is 1. The summed E-state index contributed by atoms with van der Waals surface area (Å²) in [6, 6.07) is 8.81. The predicted molar refractivity (Wildman–Crippen MR) is 117 cm³/mol. The van der Waals surface area contributed by atoms with Crippen molar-refractivity contribution >= 4 is 27.3 Å². The Morgan fingerprint density at radius 1 is 1.26 bits per heavy atom. The lowest BCUT2D eigenvalue weighted by atomic mass is 9.90. The Morgan fingerprint density at radius 3 is 2.41 bits per heavy atom. The van der Waals surface area contributed by atoms with Crippen molar-refractivity contribution in [1.29, 1.82) is 5.26 Å². The standard InChI is InChI=1S/C22H20ClF3N2O5S/c1-12(22(24,25)26)33-17-6-7-18(34(3,30)31)20(32-2)19(17)21(29)28-10-14(11-28)15-5-4-13(9-27)8-16(15)23/h4-8,12,14H,10-11H2,1-3H3/t12-/m0/s1. The third kappa shape index (κ3) is 5.08. The lowest BCUT2D eigenvalue weighted by Crippen LogP contribution is -2.48. The van der Waals surface area contributed by atoms with Crippen LogP contribution < -0.4 is 9.47 Å². The van der Waals surface area contributed by atoms with Crippen LogP contribution in [-0.2, 0) is 9.84 Å². The van der Waals surface area contributed by atoms with Crippen LogP contribution in [-0.4, -0.2) is 58.0 Å². The minimum absolute atomic E-state index is 0.172. The smallest absolute Gasteiger partial charge is 0.425 e. The number of alkyl halides is 3. The first-order valence-electron chi connectivity index (χ1n) is 9.91. The molecule has 12 heteroatoms. The van der Waals surface area contributed by atoms with E-state index in [2.05, 4.69) is 0 Å². The Labute approximate surface area is 199 Å². The number of likely N-dealkylation sites (tertiary alicyclic amines) is 1. The molecule has 0 spiro atoms. The molecule has 1 heterocycles. The number of methoxy groups -OCH3 is 1. The van der Waals surface area contributed by atoms with Gasteiger partial charge in [-0.25, -0.2) is 8.42 Å². The fraction of sp³-hybridized carbons (Fsp3) is 0.364. The molecule has 3 rings (SSSR count). The minimum Gasteiger partial charge on any atom is -0.494 e. The summed E-state index contributed by atoms with van der Waals surface area (Å²) in [5.41, 5.74) is 0.679. The van der Waals surface area contributed by atoms with Gasteiger partial charge in [0, 0.05) is 30.3 Å². The van der Waals surface area contributed by atoms with Crippen LogP contribution in [0.1, 0.15) is 34.3 Å². The van der Waals surface area contributed by atoms with Gasteiger partial charge in [0.15, 0.2) is 21.7 Å². The van der Waals surface area contributed by atoms with Crippen LogP contribution in [0.25, 0.3) is 0 Å². The number of ether oxygens (including phenoxy) is 2. The molecule has 2 aromatic rings. The fourth-order valence-corrected chi connectivity index (χ4v) is 4.70. The summed E-state index contributed by atoms with van der Waals surface area (Å²) in [5, 5.41) is 9.33. The molecule has 1 saturated heterocycles. The molecule has 0 N–H and O–H groups in total. The van der Waals surface area contributed by atoms with Crippen molar-refractivity contribution < 1.29 is 35.9 Å². The van der Waals surface area contributed by atoms with E-state index in [4.69, 9.17) is 26.3 Å². The van der Waals surface area contributed by atoms with E-state index >= 15 is 0 Å². The Balaban J connectivity index is 1.97. The summed E-state index contributed by atoms with van der Waals surface area (Å²) in [6.07, 6.45) is -6.07. The van der Waals surface area contributed by atoms with Gasteiger partial charge < -0.3 is 14.4 Å². The van der Waals surface area contributed by atoms with Crippen LogP contribution >= 0.6 is 11.6 Å². The number of hydrogen-bond donors (Lipinski definition) is 0. The van der Waals surface area contributed by atoms with Crippen molar-refractivity contribution in [3.05, 3.63) is 52.0 Å². The van der Waals surface area contributed by atoms with Crippen LogP contribution in [0.3, 0.4) is 0 Å². The molecule has 182 valence electrons. The highest BCUT2D eigenvalue weighted by molar-refractivity contribution is 7.90. The zero-order valence-corrected chi connectivity index (χ0v) is 19.9. The number of benzene rings is 2. The molecule has 1 aliphatic rings. The number of carbonyl (C=O) groups excluding carboxylic acids is 1. The number of halogens is 4. The number of rotatable bonds is 6. The normalized spacial score (nSPS) is 15.3. The number of sulfone groups is 1. The second-order valence-corrected chi connectivity index (χ2v) is 10.2. The highest BCUT2D eigenvalue weighted by atomic mass is 35.5. The summed E-state index contributed by atoms with van der Waals surface area (Å²) < 4.78 is 73.9. The Morgan fingerprint density at radius 2 is 1.91 bits per heavy atom. The molecule has 0 aromatic heterocycles. The van der Waals surface area contributed by atoms with E-state index in [0.717, 1.165) is 32.4 Å². The van der Waals surface area contributed by atoms with E-state index in [1.54, 1.807) is 12.1 Å². The average Bonchev–Trinajstić information content (AvgIpc) is 2.71. The molecular weight excluding hydrogens is 497 g/mol. The van der Waals surface area contributed by atoms with Crippen LogP contribution in [0.5, 0.6) is 11.5 Å². The molecule has 0 aliphatic carbocycles. The largest absolute Gasteiger partial charge is 0.494 e. The first-order chi connectivity index (χ1) is 15.8.